The number of aliphatic imine (C=N–C) groups is 1. The summed E-state index contributed by atoms with van der Waals surface area (Å²) < 4.78 is 38.2. The van der Waals surface area contributed by atoms with Crippen molar-refractivity contribution in [2.24, 2.45) is 4.99 Å². The van der Waals surface area contributed by atoms with E-state index in [2.05, 4.69) is 4.99 Å². The molecule has 1 aromatic rings. The van der Waals surface area contributed by atoms with Crippen LogP contribution < -0.4 is 0 Å². The van der Waals surface area contributed by atoms with E-state index in [0.29, 0.717) is 0 Å². The zero-order valence-corrected chi connectivity index (χ0v) is 13.4. The van der Waals surface area contributed by atoms with Crippen molar-refractivity contribution in [2.45, 2.75) is 31.0 Å². The second-order valence-electron chi connectivity index (χ2n) is 6.16. The van der Waals surface area contributed by atoms with Gasteiger partial charge in [0, 0.05) is 28.2 Å². The molecule has 0 amide bonds. The summed E-state index contributed by atoms with van der Waals surface area (Å²) in [7, 11) is 7.73. The van der Waals surface area contributed by atoms with E-state index >= 15 is 0 Å². The van der Waals surface area contributed by atoms with Crippen molar-refractivity contribution in [3.63, 3.8) is 0 Å². The summed E-state index contributed by atoms with van der Waals surface area (Å²) in [5.41, 5.74) is 0.191. The quantitative estimate of drug-likeness (QED) is 0.615. The van der Waals surface area contributed by atoms with Crippen LogP contribution in [0.4, 0.5) is 13.2 Å². The van der Waals surface area contributed by atoms with Gasteiger partial charge in [0.2, 0.25) is 0 Å². The van der Waals surface area contributed by atoms with E-state index in [-0.39, 0.29) is 12.0 Å². The minimum absolute atomic E-state index is 0.168. The molecule has 2 rings (SSSR count). The molecule has 1 saturated carbocycles. The lowest BCUT2D eigenvalue weighted by molar-refractivity contribution is -0.137. The Hall–Kier alpha value is -1.72. The molecule has 6 heteroatoms. The third-order valence-electron chi connectivity index (χ3n) is 3.90. The van der Waals surface area contributed by atoms with Gasteiger partial charge in [-0.25, -0.2) is 4.99 Å². The van der Waals surface area contributed by atoms with Gasteiger partial charge in [0.15, 0.2) is 5.96 Å². The highest BCUT2D eigenvalue weighted by molar-refractivity contribution is 5.79. The van der Waals surface area contributed by atoms with E-state index in [4.69, 9.17) is 0 Å². The fourth-order valence-corrected chi connectivity index (χ4v) is 2.73. The number of nitrogens with zero attached hydrogens (tertiary/aromatic N) is 3. The zero-order chi connectivity index (χ0) is 16.5. The Labute approximate surface area is 129 Å². The Kier molecular flexibility index (Phi) is 4.68. The zero-order valence-electron chi connectivity index (χ0n) is 13.4. The summed E-state index contributed by atoms with van der Waals surface area (Å²) >= 11 is 0. The van der Waals surface area contributed by atoms with Crippen LogP contribution in [0, 0.1) is 0 Å². The summed E-state index contributed by atoms with van der Waals surface area (Å²) in [5.74, 6) is 1.05. The van der Waals surface area contributed by atoms with Crippen molar-refractivity contribution in [1.29, 1.82) is 0 Å². The van der Waals surface area contributed by atoms with Crippen LogP contribution in [-0.4, -0.2) is 50.0 Å². The molecule has 0 saturated heterocycles. The van der Waals surface area contributed by atoms with Gasteiger partial charge in [0.05, 0.1) is 11.6 Å². The first kappa shape index (κ1) is 16.6. The van der Waals surface area contributed by atoms with Crippen LogP contribution in [0.1, 0.15) is 29.9 Å². The molecule has 0 spiro atoms. The first-order valence-electron chi connectivity index (χ1n) is 7.28. The third kappa shape index (κ3) is 3.72. The van der Waals surface area contributed by atoms with Crippen molar-refractivity contribution < 1.29 is 13.2 Å². The van der Waals surface area contributed by atoms with Crippen molar-refractivity contribution in [1.82, 2.24) is 9.80 Å². The van der Waals surface area contributed by atoms with Gasteiger partial charge < -0.3 is 9.80 Å². The average Bonchev–Trinajstić information content (AvgIpc) is 2.35. The standard InChI is InChI=1S/C16H22F3N3/c1-21(2)15(22(3)4)20-14-9-12(10-14)11-6-5-7-13(8-11)16(17,18)19/h5-8,12,14H,9-10H2,1-4H3. The van der Waals surface area contributed by atoms with Gasteiger partial charge in [0.1, 0.15) is 0 Å². The lowest BCUT2D eigenvalue weighted by Crippen LogP contribution is -2.38. The Morgan fingerprint density at radius 1 is 1.09 bits per heavy atom. The van der Waals surface area contributed by atoms with Crippen molar-refractivity contribution in [3.8, 4) is 0 Å². The highest BCUT2D eigenvalue weighted by atomic mass is 19.4. The lowest BCUT2D eigenvalue weighted by Gasteiger charge is -2.35. The number of alkyl halides is 3. The molecule has 0 aromatic heterocycles. The van der Waals surface area contributed by atoms with E-state index in [1.165, 1.54) is 12.1 Å². The molecule has 0 N–H and O–H groups in total. The minimum Gasteiger partial charge on any atom is -0.349 e. The van der Waals surface area contributed by atoms with Gasteiger partial charge in [-0.15, -0.1) is 0 Å². The normalized spacial score (nSPS) is 21.0. The van der Waals surface area contributed by atoms with Gasteiger partial charge in [-0.2, -0.15) is 13.2 Å². The van der Waals surface area contributed by atoms with Crippen LogP contribution in [0.2, 0.25) is 0 Å². The highest BCUT2D eigenvalue weighted by Gasteiger charge is 2.34. The Morgan fingerprint density at radius 3 is 2.18 bits per heavy atom. The molecule has 0 atom stereocenters. The maximum atomic E-state index is 12.7. The number of benzene rings is 1. The van der Waals surface area contributed by atoms with Crippen molar-refractivity contribution in [2.75, 3.05) is 28.2 Å². The molecular weight excluding hydrogens is 291 g/mol. The third-order valence-corrected chi connectivity index (χ3v) is 3.90. The molecule has 1 aliphatic carbocycles. The molecule has 3 nitrogen and oxygen atoms in total. The second-order valence-corrected chi connectivity index (χ2v) is 6.16. The van der Waals surface area contributed by atoms with Gasteiger partial charge >= 0.3 is 6.18 Å². The lowest BCUT2D eigenvalue weighted by atomic mass is 9.76. The van der Waals surface area contributed by atoms with Crippen LogP contribution in [0.15, 0.2) is 29.3 Å². The van der Waals surface area contributed by atoms with Crippen molar-refractivity contribution >= 4 is 5.96 Å². The molecule has 0 heterocycles. The smallest absolute Gasteiger partial charge is 0.349 e. The van der Waals surface area contributed by atoms with Crippen LogP contribution >= 0.6 is 0 Å². The maximum Gasteiger partial charge on any atom is 0.416 e. The summed E-state index contributed by atoms with van der Waals surface area (Å²) in [6.07, 6.45) is -2.68. The molecule has 22 heavy (non-hydrogen) atoms. The predicted molar refractivity (Wildman–Crippen MR) is 82.0 cm³/mol. The van der Waals surface area contributed by atoms with Crippen molar-refractivity contribution in [3.05, 3.63) is 35.4 Å². The largest absolute Gasteiger partial charge is 0.416 e. The molecule has 0 unspecified atom stereocenters. The highest BCUT2D eigenvalue weighted by Crippen LogP contribution is 2.40. The topological polar surface area (TPSA) is 18.8 Å². The number of halogens is 3. The summed E-state index contributed by atoms with van der Waals surface area (Å²) in [6.45, 7) is 0. The average molecular weight is 313 g/mol. The number of guanidine groups is 1. The predicted octanol–water partition coefficient (Wildman–Crippen LogP) is 3.43. The molecule has 0 bridgehead atoms. The maximum absolute atomic E-state index is 12.7. The van der Waals surface area contributed by atoms with Gasteiger partial charge in [-0.05, 0) is 30.4 Å². The van der Waals surface area contributed by atoms with Crippen LogP contribution in [-0.2, 0) is 6.18 Å². The summed E-state index contributed by atoms with van der Waals surface area (Å²) in [4.78, 5) is 8.56. The fourth-order valence-electron chi connectivity index (χ4n) is 2.73. The van der Waals surface area contributed by atoms with Gasteiger partial charge in [-0.1, -0.05) is 18.2 Å². The van der Waals surface area contributed by atoms with Crippen LogP contribution in [0.25, 0.3) is 0 Å². The molecule has 0 aliphatic heterocycles. The fraction of sp³-hybridized carbons (Fsp3) is 0.562. The molecule has 1 aromatic carbocycles. The van der Waals surface area contributed by atoms with E-state index in [0.717, 1.165) is 30.4 Å². The molecule has 122 valence electrons. The second kappa shape index (κ2) is 6.18. The van der Waals surface area contributed by atoms with Crippen LogP contribution in [0.5, 0.6) is 0 Å². The number of rotatable bonds is 2. The van der Waals surface area contributed by atoms with E-state index in [9.17, 15) is 13.2 Å². The molecule has 1 fully saturated rings. The van der Waals surface area contributed by atoms with Gasteiger partial charge in [0.25, 0.3) is 0 Å². The van der Waals surface area contributed by atoms with E-state index in [1.54, 1.807) is 6.07 Å². The molecule has 0 radical (unpaired) electrons. The van der Waals surface area contributed by atoms with Gasteiger partial charge in [-0.3, -0.25) is 0 Å². The number of hydrogen-bond donors (Lipinski definition) is 0. The SMILES string of the molecule is CN(C)C(=NC1CC(c2cccc(C(F)(F)F)c2)C1)N(C)C. The van der Waals surface area contributed by atoms with E-state index < -0.39 is 11.7 Å². The molecule has 1 aliphatic rings. The van der Waals surface area contributed by atoms with Crippen LogP contribution in [0.3, 0.4) is 0 Å². The monoisotopic (exact) mass is 313 g/mol. The first-order valence-corrected chi connectivity index (χ1v) is 7.28. The summed E-state index contributed by atoms with van der Waals surface area (Å²) in [6, 6.07) is 5.83. The minimum atomic E-state index is -4.28. The number of hydrogen-bond acceptors (Lipinski definition) is 1. The first-order chi connectivity index (χ1) is 10.2. The Balaban J connectivity index is 2.04. The molecular formula is C16H22F3N3. The Morgan fingerprint density at radius 2 is 1.68 bits per heavy atom. The summed E-state index contributed by atoms with van der Waals surface area (Å²) in [5, 5.41) is 0. The Bertz CT molecular complexity index is 534. The van der Waals surface area contributed by atoms with E-state index in [1.807, 2.05) is 38.0 Å².